The fourth-order valence-corrected chi connectivity index (χ4v) is 4.86. The predicted molar refractivity (Wildman–Crippen MR) is 127 cm³/mol. The Bertz CT molecular complexity index is 1350. The van der Waals surface area contributed by atoms with E-state index >= 15 is 0 Å². The van der Waals surface area contributed by atoms with E-state index in [1.54, 1.807) is 9.47 Å². The third-order valence-electron chi connectivity index (χ3n) is 6.84. The Morgan fingerprint density at radius 3 is 2.63 bits per heavy atom. The number of carbonyl (C=O) groups excluding carboxylic acids is 2. The zero-order valence-corrected chi connectivity index (χ0v) is 20.0. The molecule has 11 heteroatoms. The minimum Gasteiger partial charge on any atom is -0.330 e. The van der Waals surface area contributed by atoms with Crippen molar-refractivity contribution in [2.24, 2.45) is 0 Å². The molecule has 1 saturated heterocycles. The number of amides is 2. The van der Waals surface area contributed by atoms with E-state index < -0.39 is 11.7 Å². The number of rotatable bonds is 5. The standard InChI is InChI=1S/C24H28FN7O3/c1-14(2)30-12-17-22(24(30)35)31(13-20(33)27-19-5-4-16(25)11-26-19)21-10-18(28-32(21)23(17)34)15-6-8-29(3)9-7-15/h4-5,10-11,14-15H,6-9,12-13H2,1-3H3,(H,26,27,33). The van der Waals surface area contributed by atoms with Crippen LogP contribution in [0.15, 0.2) is 29.2 Å². The number of likely N-dealkylation sites (tertiary alicyclic amines) is 1. The topological polar surface area (TPSA) is 105 Å². The van der Waals surface area contributed by atoms with Gasteiger partial charge < -0.3 is 19.7 Å². The maximum absolute atomic E-state index is 13.4. The molecule has 0 aliphatic carbocycles. The van der Waals surface area contributed by atoms with Gasteiger partial charge in [0, 0.05) is 18.0 Å². The molecule has 0 spiro atoms. The molecule has 0 saturated carbocycles. The van der Waals surface area contributed by atoms with Crippen LogP contribution in [0.1, 0.15) is 54.4 Å². The van der Waals surface area contributed by atoms with Crippen LogP contribution < -0.4 is 10.9 Å². The highest BCUT2D eigenvalue weighted by Gasteiger charge is 2.36. The number of carbonyl (C=O) groups is 2. The molecule has 1 fully saturated rings. The summed E-state index contributed by atoms with van der Waals surface area (Å²) in [6, 6.07) is 4.28. The van der Waals surface area contributed by atoms with Crippen molar-refractivity contribution in [3.63, 3.8) is 0 Å². The number of nitrogens with one attached hydrogen (secondary N) is 1. The third kappa shape index (κ3) is 4.20. The van der Waals surface area contributed by atoms with Crippen LogP contribution in [0.2, 0.25) is 0 Å². The summed E-state index contributed by atoms with van der Waals surface area (Å²) >= 11 is 0. The summed E-state index contributed by atoms with van der Waals surface area (Å²) in [4.78, 5) is 47.4. The maximum atomic E-state index is 13.4. The summed E-state index contributed by atoms with van der Waals surface area (Å²) in [6.45, 7) is 5.60. The smallest absolute Gasteiger partial charge is 0.280 e. The van der Waals surface area contributed by atoms with Crippen LogP contribution in [0.4, 0.5) is 10.2 Å². The largest absolute Gasteiger partial charge is 0.330 e. The number of anilines is 1. The number of pyridine rings is 1. The molecular formula is C24H28FN7O3. The molecule has 3 aromatic heterocycles. The van der Waals surface area contributed by atoms with Crippen molar-refractivity contribution >= 4 is 23.3 Å². The third-order valence-corrected chi connectivity index (χ3v) is 6.84. The number of hydrogen-bond donors (Lipinski definition) is 1. The second kappa shape index (κ2) is 8.88. The normalized spacial score (nSPS) is 16.9. The number of aromatic nitrogens is 4. The summed E-state index contributed by atoms with van der Waals surface area (Å²) < 4.78 is 16.1. The van der Waals surface area contributed by atoms with Gasteiger partial charge in [0.15, 0.2) is 0 Å². The van der Waals surface area contributed by atoms with Crippen molar-refractivity contribution in [2.45, 2.75) is 51.7 Å². The second-order valence-electron chi connectivity index (χ2n) is 9.57. The fraction of sp³-hybridized carbons (Fsp3) is 0.458. The maximum Gasteiger partial charge on any atom is 0.280 e. The Morgan fingerprint density at radius 1 is 1.23 bits per heavy atom. The highest BCUT2D eigenvalue weighted by Crippen LogP contribution is 2.29. The van der Waals surface area contributed by atoms with Gasteiger partial charge in [-0.25, -0.2) is 9.37 Å². The van der Waals surface area contributed by atoms with E-state index in [2.05, 4.69) is 27.3 Å². The first-order chi connectivity index (χ1) is 16.7. The minimum absolute atomic E-state index is 0.109. The van der Waals surface area contributed by atoms with Gasteiger partial charge in [0.05, 0.1) is 24.0 Å². The van der Waals surface area contributed by atoms with Crippen molar-refractivity contribution in [3.8, 4) is 0 Å². The van der Waals surface area contributed by atoms with Crippen molar-refractivity contribution in [1.29, 1.82) is 0 Å². The summed E-state index contributed by atoms with van der Waals surface area (Å²) in [5, 5.41) is 7.28. The lowest BCUT2D eigenvalue weighted by atomic mass is 9.94. The van der Waals surface area contributed by atoms with E-state index in [0.29, 0.717) is 11.2 Å². The van der Waals surface area contributed by atoms with Gasteiger partial charge >= 0.3 is 0 Å². The molecule has 0 aromatic carbocycles. The van der Waals surface area contributed by atoms with Crippen molar-refractivity contribution in [3.05, 3.63) is 57.5 Å². The Balaban J connectivity index is 1.57. The molecule has 5 rings (SSSR count). The van der Waals surface area contributed by atoms with Crippen molar-refractivity contribution in [1.82, 2.24) is 29.0 Å². The lowest BCUT2D eigenvalue weighted by Crippen LogP contribution is -2.32. The molecule has 1 N–H and O–H groups in total. The SMILES string of the molecule is CC(C)N1Cc2c(n(CC(=O)Nc3ccc(F)cn3)c3cc(C4CCN(C)CC4)nn3c2=O)C1=O. The van der Waals surface area contributed by atoms with Crippen LogP contribution >= 0.6 is 0 Å². The van der Waals surface area contributed by atoms with Gasteiger partial charge in [-0.3, -0.25) is 14.4 Å². The van der Waals surface area contributed by atoms with Gasteiger partial charge in [-0.2, -0.15) is 9.61 Å². The van der Waals surface area contributed by atoms with Gasteiger partial charge in [-0.1, -0.05) is 0 Å². The van der Waals surface area contributed by atoms with E-state index in [4.69, 9.17) is 0 Å². The lowest BCUT2D eigenvalue weighted by Gasteiger charge is -2.27. The van der Waals surface area contributed by atoms with Crippen molar-refractivity contribution < 1.29 is 14.0 Å². The first-order valence-electron chi connectivity index (χ1n) is 11.8. The molecule has 0 bridgehead atoms. The lowest BCUT2D eigenvalue weighted by molar-refractivity contribution is -0.116. The van der Waals surface area contributed by atoms with Crippen LogP contribution in [-0.4, -0.2) is 67.0 Å². The van der Waals surface area contributed by atoms with Crippen LogP contribution in [-0.2, 0) is 17.9 Å². The minimum atomic E-state index is -0.511. The molecule has 5 heterocycles. The van der Waals surface area contributed by atoms with E-state index in [1.165, 1.54) is 16.6 Å². The molecule has 3 aromatic rings. The molecule has 184 valence electrons. The predicted octanol–water partition coefficient (Wildman–Crippen LogP) is 1.84. The first-order valence-corrected chi connectivity index (χ1v) is 11.8. The van der Waals surface area contributed by atoms with Crippen molar-refractivity contribution in [2.75, 3.05) is 25.5 Å². The highest BCUT2D eigenvalue weighted by molar-refractivity contribution is 5.98. The molecule has 2 amide bonds. The Kier molecular flexibility index (Phi) is 5.87. The Labute approximate surface area is 201 Å². The molecule has 0 atom stereocenters. The van der Waals surface area contributed by atoms with Crippen LogP contribution in [0.3, 0.4) is 0 Å². The van der Waals surface area contributed by atoms with Gasteiger partial charge in [-0.15, -0.1) is 0 Å². The number of halogens is 1. The van der Waals surface area contributed by atoms with Crippen LogP contribution in [0, 0.1) is 5.82 Å². The molecule has 2 aliphatic heterocycles. The van der Waals surface area contributed by atoms with Gasteiger partial charge in [0.2, 0.25) is 5.91 Å². The Morgan fingerprint density at radius 2 is 1.97 bits per heavy atom. The monoisotopic (exact) mass is 481 g/mol. The average molecular weight is 482 g/mol. The van der Waals surface area contributed by atoms with Gasteiger partial charge in [-0.05, 0) is 59.0 Å². The first kappa shape index (κ1) is 23.2. The van der Waals surface area contributed by atoms with E-state index in [1.807, 2.05) is 19.9 Å². The molecule has 35 heavy (non-hydrogen) atoms. The highest BCUT2D eigenvalue weighted by atomic mass is 19.1. The molecule has 0 unspecified atom stereocenters. The number of piperidine rings is 1. The summed E-state index contributed by atoms with van der Waals surface area (Å²) in [6.07, 6.45) is 2.86. The second-order valence-corrected chi connectivity index (χ2v) is 9.57. The zero-order valence-electron chi connectivity index (χ0n) is 20.0. The number of fused-ring (bicyclic) bond motifs is 2. The summed E-state index contributed by atoms with van der Waals surface area (Å²) in [7, 11) is 2.08. The molecular weight excluding hydrogens is 453 g/mol. The quantitative estimate of drug-likeness (QED) is 0.596. The van der Waals surface area contributed by atoms with E-state index in [-0.39, 0.29) is 48.0 Å². The average Bonchev–Trinajstić information content (AvgIpc) is 3.41. The Hall–Kier alpha value is -3.60. The summed E-state index contributed by atoms with van der Waals surface area (Å²) in [5.74, 6) is -0.850. The number of hydrogen-bond acceptors (Lipinski definition) is 6. The van der Waals surface area contributed by atoms with Gasteiger partial charge in [0.25, 0.3) is 11.5 Å². The van der Waals surface area contributed by atoms with E-state index in [0.717, 1.165) is 37.8 Å². The molecule has 0 radical (unpaired) electrons. The molecule has 2 aliphatic rings. The fourth-order valence-electron chi connectivity index (χ4n) is 4.86. The van der Waals surface area contributed by atoms with E-state index in [9.17, 15) is 18.8 Å². The number of nitrogens with zero attached hydrogens (tertiary/aromatic N) is 6. The van der Waals surface area contributed by atoms with Crippen LogP contribution in [0.5, 0.6) is 0 Å². The zero-order chi connectivity index (χ0) is 24.9. The van der Waals surface area contributed by atoms with Crippen LogP contribution in [0.25, 0.3) is 5.65 Å². The summed E-state index contributed by atoms with van der Waals surface area (Å²) in [5.41, 5.74) is 1.42. The van der Waals surface area contributed by atoms with Gasteiger partial charge in [0.1, 0.15) is 29.5 Å². The molecule has 10 nitrogen and oxygen atoms in total.